The summed E-state index contributed by atoms with van der Waals surface area (Å²) < 4.78 is 24.5. The number of hydrogen-bond acceptors (Lipinski definition) is 8. The van der Waals surface area contributed by atoms with Crippen LogP contribution in [0.2, 0.25) is 0 Å². The van der Waals surface area contributed by atoms with E-state index in [1.54, 1.807) is 48.5 Å². The van der Waals surface area contributed by atoms with E-state index in [4.69, 9.17) is 30.0 Å². The van der Waals surface area contributed by atoms with Crippen LogP contribution in [0.4, 0.5) is 11.4 Å². The van der Waals surface area contributed by atoms with Gasteiger partial charge in [-0.1, -0.05) is 89.6 Å². The fourth-order valence-electron chi connectivity index (χ4n) is 5.14. The normalized spacial score (nSPS) is 10.7. The van der Waals surface area contributed by atoms with Crippen LogP contribution in [0.5, 0.6) is 23.0 Å². The van der Waals surface area contributed by atoms with Crippen LogP contribution in [0.3, 0.4) is 0 Å². The SMILES string of the molecule is CCCCCOc1ccc(CN=[N+]=[N-])cc1C(=O)Nc1cc(NC(=O)c2cc(CN=[N+]=[N-])ccc2OCCCCC)c(OCC(C)C)cc1OCC(C)C. The highest BCUT2D eigenvalue weighted by Gasteiger charge is 2.22. The van der Waals surface area contributed by atoms with E-state index in [1.165, 1.54) is 0 Å². The van der Waals surface area contributed by atoms with Crippen LogP contribution in [-0.4, -0.2) is 38.2 Å². The third kappa shape index (κ3) is 14.1. The minimum Gasteiger partial charge on any atom is -0.493 e. The second-order valence-electron chi connectivity index (χ2n) is 13.7. The molecule has 0 fully saturated rings. The van der Waals surface area contributed by atoms with Gasteiger partial charge in [0.15, 0.2) is 0 Å². The van der Waals surface area contributed by atoms with Crippen molar-refractivity contribution in [2.45, 2.75) is 93.2 Å². The van der Waals surface area contributed by atoms with Gasteiger partial charge in [0.2, 0.25) is 0 Å². The van der Waals surface area contributed by atoms with Crippen LogP contribution >= 0.6 is 0 Å². The number of azide groups is 2. The molecule has 0 saturated carbocycles. The van der Waals surface area contributed by atoms with E-state index in [0.717, 1.165) is 38.5 Å². The van der Waals surface area contributed by atoms with Crippen LogP contribution < -0.4 is 29.6 Å². The van der Waals surface area contributed by atoms with Gasteiger partial charge in [-0.15, -0.1) is 0 Å². The summed E-state index contributed by atoms with van der Waals surface area (Å²) >= 11 is 0. The van der Waals surface area contributed by atoms with Crippen LogP contribution in [-0.2, 0) is 13.1 Å². The van der Waals surface area contributed by atoms with E-state index in [-0.39, 0.29) is 36.1 Å². The van der Waals surface area contributed by atoms with Crippen LogP contribution in [0, 0.1) is 11.8 Å². The van der Waals surface area contributed by atoms with Gasteiger partial charge >= 0.3 is 0 Å². The molecule has 0 saturated heterocycles. The molecule has 0 atom stereocenters. The van der Waals surface area contributed by atoms with E-state index in [0.29, 0.717) is 71.9 Å². The predicted molar refractivity (Wildman–Crippen MR) is 212 cm³/mol. The molecule has 0 aromatic heterocycles. The zero-order chi connectivity index (χ0) is 39.3. The Hall–Kier alpha value is -5.58. The van der Waals surface area contributed by atoms with Crippen LogP contribution in [0.15, 0.2) is 58.8 Å². The maximum atomic E-state index is 14.1. The van der Waals surface area contributed by atoms with Crippen molar-refractivity contribution in [2.75, 3.05) is 37.1 Å². The van der Waals surface area contributed by atoms with Crippen molar-refractivity contribution in [2.24, 2.45) is 22.1 Å². The largest absolute Gasteiger partial charge is 0.493 e. The van der Waals surface area contributed by atoms with Gasteiger partial charge in [-0.3, -0.25) is 9.59 Å². The number of ether oxygens (including phenoxy) is 4. The Bertz CT molecular complexity index is 1660. The molecule has 0 aliphatic heterocycles. The minimum absolute atomic E-state index is 0.0576. The van der Waals surface area contributed by atoms with E-state index >= 15 is 0 Å². The zero-order valence-electron chi connectivity index (χ0n) is 32.4. The molecule has 0 spiro atoms. The molecular formula is C40H54N8O6. The fourth-order valence-corrected chi connectivity index (χ4v) is 5.14. The lowest BCUT2D eigenvalue weighted by Gasteiger charge is -2.21. The third-order valence-corrected chi connectivity index (χ3v) is 7.94. The van der Waals surface area contributed by atoms with Gasteiger partial charge in [0, 0.05) is 15.9 Å². The highest BCUT2D eigenvalue weighted by atomic mass is 16.5. The predicted octanol–water partition coefficient (Wildman–Crippen LogP) is 11.0. The lowest BCUT2D eigenvalue weighted by atomic mass is 10.1. The number of benzene rings is 3. The van der Waals surface area contributed by atoms with Gasteiger partial charge in [0.25, 0.3) is 11.8 Å². The quantitative estimate of drug-likeness (QED) is 0.0396. The fraction of sp³-hybridized carbons (Fsp3) is 0.500. The van der Waals surface area contributed by atoms with E-state index < -0.39 is 11.8 Å². The molecule has 3 rings (SSSR count). The van der Waals surface area contributed by atoms with Crippen molar-refractivity contribution >= 4 is 23.2 Å². The summed E-state index contributed by atoms with van der Waals surface area (Å²) in [7, 11) is 0. The molecule has 0 aliphatic rings. The Morgan fingerprint density at radius 3 is 1.41 bits per heavy atom. The molecular weight excluding hydrogens is 688 g/mol. The second-order valence-corrected chi connectivity index (χ2v) is 13.7. The van der Waals surface area contributed by atoms with E-state index in [2.05, 4.69) is 44.5 Å². The summed E-state index contributed by atoms with van der Waals surface area (Å²) in [6.45, 7) is 13.9. The average molecular weight is 743 g/mol. The maximum Gasteiger partial charge on any atom is 0.259 e. The lowest BCUT2D eigenvalue weighted by Crippen LogP contribution is -2.18. The van der Waals surface area contributed by atoms with Crippen molar-refractivity contribution in [3.8, 4) is 23.0 Å². The van der Waals surface area contributed by atoms with Crippen molar-refractivity contribution in [1.82, 2.24) is 0 Å². The Balaban J connectivity index is 2.10. The Morgan fingerprint density at radius 2 is 1.04 bits per heavy atom. The number of nitrogens with zero attached hydrogens (tertiary/aromatic N) is 6. The summed E-state index contributed by atoms with van der Waals surface area (Å²) in [5.74, 6) is 0.828. The molecule has 0 unspecified atom stereocenters. The first-order valence-corrected chi connectivity index (χ1v) is 18.7. The smallest absolute Gasteiger partial charge is 0.259 e. The highest BCUT2D eigenvalue weighted by Crippen LogP contribution is 2.39. The molecule has 2 N–H and O–H groups in total. The molecule has 0 radical (unpaired) electrons. The number of carbonyl (C=O) groups is 2. The van der Waals surface area contributed by atoms with Crippen LogP contribution in [0.1, 0.15) is 112 Å². The molecule has 0 heterocycles. The molecule has 54 heavy (non-hydrogen) atoms. The first-order valence-electron chi connectivity index (χ1n) is 18.7. The molecule has 14 heteroatoms. The van der Waals surface area contributed by atoms with Gasteiger partial charge in [-0.2, -0.15) is 0 Å². The Kier molecular flexibility index (Phi) is 18.4. The molecule has 2 amide bonds. The maximum absolute atomic E-state index is 14.1. The van der Waals surface area contributed by atoms with E-state index in [9.17, 15) is 9.59 Å². The first kappa shape index (κ1) is 42.8. The number of rotatable bonds is 24. The summed E-state index contributed by atoms with van der Waals surface area (Å²) in [4.78, 5) is 33.9. The summed E-state index contributed by atoms with van der Waals surface area (Å²) in [5.41, 5.74) is 20.1. The van der Waals surface area contributed by atoms with Crippen molar-refractivity contribution in [3.05, 3.63) is 91.7 Å². The van der Waals surface area contributed by atoms with Crippen molar-refractivity contribution < 1.29 is 28.5 Å². The number of hydrogen-bond donors (Lipinski definition) is 2. The number of anilines is 2. The number of carbonyl (C=O) groups excluding carboxylic acids is 2. The Morgan fingerprint density at radius 1 is 0.611 bits per heavy atom. The van der Waals surface area contributed by atoms with Gasteiger partial charge in [-0.25, -0.2) is 0 Å². The van der Waals surface area contributed by atoms with Gasteiger partial charge in [-0.05, 0) is 77.2 Å². The molecule has 0 aliphatic carbocycles. The lowest BCUT2D eigenvalue weighted by molar-refractivity contribution is 0.101. The number of amides is 2. The molecule has 0 bridgehead atoms. The standard InChI is InChI=1S/C40H54N8O6/c1-7-9-11-17-51-35-15-13-29(23-43-47-41)19-31(35)39(49)45-33-21-34(38(54-26-28(5)6)22-37(33)53-25-27(3)4)46-40(50)32-20-30(24-44-48-42)14-16-36(32)52-18-12-10-8-2/h13-16,19-22,27-28H,7-12,17-18,23-26H2,1-6H3,(H,45,49)(H,46,50). The monoisotopic (exact) mass is 742 g/mol. The Labute approximate surface area is 318 Å². The highest BCUT2D eigenvalue weighted by molar-refractivity contribution is 6.09. The summed E-state index contributed by atoms with van der Waals surface area (Å²) in [6.07, 6.45) is 5.66. The van der Waals surface area contributed by atoms with Gasteiger partial charge in [0.1, 0.15) is 23.0 Å². The van der Waals surface area contributed by atoms with Crippen molar-refractivity contribution in [1.29, 1.82) is 0 Å². The molecule has 3 aromatic rings. The topological polar surface area (TPSA) is 193 Å². The van der Waals surface area contributed by atoms with Gasteiger partial charge < -0.3 is 29.6 Å². The molecule has 14 nitrogen and oxygen atoms in total. The number of nitrogens with one attached hydrogen (secondary N) is 2. The minimum atomic E-state index is -0.487. The summed E-state index contributed by atoms with van der Waals surface area (Å²) in [6, 6.07) is 13.5. The van der Waals surface area contributed by atoms with Crippen LogP contribution in [0.25, 0.3) is 20.9 Å². The van der Waals surface area contributed by atoms with Gasteiger partial charge in [0.05, 0.1) is 62.0 Å². The molecule has 3 aromatic carbocycles. The average Bonchev–Trinajstić information content (AvgIpc) is 3.15. The number of unbranched alkanes of at least 4 members (excludes halogenated alkanes) is 4. The first-order chi connectivity index (χ1) is 26.1. The third-order valence-electron chi connectivity index (χ3n) is 7.94. The zero-order valence-corrected chi connectivity index (χ0v) is 32.4. The second kappa shape index (κ2) is 23.2. The molecule has 290 valence electrons. The van der Waals surface area contributed by atoms with Crippen molar-refractivity contribution in [3.63, 3.8) is 0 Å². The summed E-state index contributed by atoms with van der Waals surface area (Å²) in [5, 5.41) is 13.3. The van der Waals surface area contributed by atoms with E-state index in [1.807, 2.05) is 27.7 Å².